The van der Waals surface area contributed by atoms with E-state index in [2.05, 4.69) is 39.7 Å². The first kappa shape index (κ1) is 16.2. The molecule has 0 unspecified atom stereocenters. The Kier molecular flexibility index (Phi) is 4.31. The molecule has 1 aliphatic rings. The highest BCUT2D eigenvalue weighted by Crippen LogP contribution is 2.32. The summed E-state index contributed by atoms with van der Waals surface area (Å²) >= 11 is 0. The van der Waals surface area contributed by atoms with Gasteiger partial charge in [0.2, 0.25) is 6.79 Å². The van der Waals surface area contributed by atoms with Crippen LogP contribution in [-0.4, -0.2) is 16.8 Å². The number of hydrogen-bond acceptors (Lipinski definition) is 6. The van der Waals surface area contributed by atoms with Gasteiger partial charge in [-0.05, 0) is 49.2 Å². The summed E-state index contributed by atoms with van der Waals surface area (Å²) in [6, 6.07) is 16.0. The zero-order chi connectivity index (χ0) is 17.9. The summed E-state index contributed by atoms with van der Waals surface area (Å²) in [5, 5.41) is 6.67. The van der Waals surface area contributed by atoms with Crippen molar-refractivity contribution in [2.75, 3.05) is 17.4 Å². The molecule has 3 aromatic rings. The maximum Gasteiger partial charge on any atom is 0.231 e. The molecule has 2 heterocycles. The lowest BCUT2D eigenvalue weighted by molar-refractivity contribution is 0.174. The van der Waals surface area contributed by atoms with Gasteiger partial charge < -0.3 is 20.1 Å². The number of aromatic nitrogens is 2. The van der Waals surface area contributed by atoms with Crippen molar-refractivity contribution in [1.29, 1.82) is 0 Å². The Balaban J connectivity index is 1.47. The molecule has 0 atom stereocenters. The minimum absolute atomic E-state index is 0.283. The van der Waals surface area contributed by atoms with Crippen molar-refractivity contribution in [2.24, 2.45) is 0 Å². The fourth-order valence-electron chi connectivity index (χ4n) is 2.84. The fraction of sp³-hybridized carbons (Fsp3) is 0.200. The second kappa shape index (κ2) is 6.92. The van der Waals surface area contributed by atoms with Gasteiger partial charge >= 0.3 is 0 Å². The lowest BCUT2D eigenvalue weighted by atomic mass is 10.2. The minimum Gasteiger partial charge on any atom is -0.454 e. The number of nitrogens with one attached hydrogen (secondary N) is 2. The maximum absolute atomic E-state index is 5.42. The van der Waals surface area contributed by atoms with Crippen molar-refractivity contribution in [3.05, 3.63) is 65.5 Å². The highest BCUT2D eigenvalue weighted by molar-refractivity contribution is 5.60. The van der Waals surface area contributed by atoms with Crippen LogP contribution in [-0.2, 0) is 6.54 Å². The first-order chi connectivity index (χ1) is 12.7. The van der Waals surface area contributed by atoms with Gasteiger partial charge in [-0.3, -0.25) is 0 Å². The quantitative estimate of drug-likeness (QED) is 0.721. The average molecular weight is 348 g/mol. The summed E-state index contributed by atoms with van der Waals surface area (Å²) in [4.78, 5) is 8.92. The normalized spacial score (nSPS) is 12.1. The molecule has 0 fully saturated rings. The van der Waals surface area contributed by atoms with E-state index in [1.54, 1.807) is 0 Å². The van der Waals surface area contributed by atoms with Crippen LogP contribution in [0.15, 0.2) is 48.5 Å². The first-order valence-electron chi connectivity index (χ1n) is 8.47. The van der Waals surface area contributed by atoms with Crippen LogP contribution in [0.4, 0.5) is 17.3 Å². The Bertz CT molecular complexity index is 943. The maximum atomic E-state index is 5.42. The standard InChI is InChI=1S/C20H20N4O2/c1-13-4-3-5-16(8-13)24-20-10-19(22-14(2)23-20)21-11-15-6-7-17-18(9-15)26-12-25-17/h3-10H,11-12H2,1-2H3,(H2,21,22,23,24). The molecular formula is C20H20N4O2. The zero-order valence-corrected chi connectivity index (χ0v) is 14.7. The summed E-state index contributed by atoms with van der Waals surface area (Å²) in [6.45, 7) is 4.87. The molecule has 0 radical (unpaired) electrons. The molecule has 0 aliphatic carbocycles. The summed E-state index contributed by atoms with van der Waals surface area (Å²) in [6.07, 6.45) is 0. The molecule has 0 spiro atoms. The minimum atomic E-state index is 0.283. The van der Waals surface area contributed by atoms with Crippen molar-refractivity contribution in [3.8, 4) is 11.5 Å². The number of benzene rings is 2. The number of nitrogens with zero attached hydrogens (tertiary/aromatic N) is 2. The predicted molar refractivity (Wildman–Crippen MR) is 101 cm³/mol. The Morgan fingerprint density at radius 1 is 0.923 bits per heavy atom. The molecule has 26 heavy (non-hydrogen) atoms. The molecule has 6 heteroatoms. The molecule has 0 amide bonds. The summed E-state index contributed by atoms with van der Waals surface area (Å²) < 4.78 is 10.8. The third kappa shape index (κ3) is 3.69. The summed E-state index contributed by atoms with van der Waals surface area (Å²) in [5.74, 6) is 3.80. The van der Waals surface area contributed by atoms with Gasteiger partial charge in [0.05, 0.1) is 0 Å². The molecule has 2 N–H and O–H groups in total. The largest absolute Gasteiger partial charge is 0.454 e. The second-order valence-corrected chi connectivity index (χ2v) is 6.22. The van der Waals surface area contributed by atoms with Crippen molar-refractivity contribution in [3.63, 3.8) is 0 Å². The number of anilines is 3. The topological polar surface area (TPSA) is 68.3 Å². The van der Waals surface area contributed by atoms with Crippen LogP contribution in [0.5, 0.6) is 11.5 Å². The van der Waals surface area contributed by atoms with E-state index >= 15 is 0 Å². The molecule has 1 aromatic heterocycles. The van der Waals surface area contributed by atoms with Crippen LogP contribution in [0.25, 0.3) is 0 Å². The van der Waals surface area contributed by atoms with Crippen LogP contribution < -0.4 is 20.1 Å². The van der Waals surface area contributed by atoms with Crippen molar-refractivity contribution in [1.82, 2.24) is 9.97 Å². The van der Waals surface area contributed by atoms with Crippen LogP contribution >= 0.6 is 0 Å². The van der Waals surface area contributed by atoms with E-state index in [1.165, 1.54) is 5.56 Å². The van der Waals surface area contributed by atoms with Crippen LogP contribution in [0.1, 0.15) is 17.0 Å². The molecular weight excluding hydrogens is 328 g/mol. The van der Waals surface area contributed by atoms with Gasteiger partial charge in [0, 0.05) is 18.3 Å². The molecule has 1 aliphatic heterocycles. The predicted octanol–water partition coefficient (Wildman–Crippen LogP) is 4.18. The van der Waals surface area contributed by atoms with Crippen molar-refractivity contribution >= 4 is 17.3 Å². The number of fused-ring (bicyclic) bond motifs is 1. The summed E-state index contributed by atoms with van der Waals surface area (Å²) in [7, 11) is 0. The fourth-order valence-corrected chi connectivity index (χ4v) is 2.84. The van der Waals surface area contributed by atoms with Gasteiger partial charge in [-0.2, -0.15) is 0 Å². The monoisotopic (exact) mass is 348 g/mol. The van der Waals surface area contributed by atoms with E-state index in [4.69, 9.17) is 9.47 Å². The zero-order valence-electron chi connectivity index (χ0n) is 14.7. The third-order valence-electron chi connectivity index (χ3n) is 4.04. The van der Waals surface area contributed by atoms with Crippen molar-refractivity contribution < 1.29 is 9.47 Å². The van der Waals surface area contributed by atoms with Gasteiger partial charge in [-0.25, -0.2) is 9.97 Å². The van der Waals surface area contributed by atoms with Gasteiger partial charge in [0.15, 0.2) is 11.5 Å². The Morgan fingerprint density at radius 3 is 2.65 bits per heavy atom. The van der Waals surface area contributed by atoms with Crippen molar-refractivity contribution in [2.45, 2.75) is 20.4 Å². The molecule has 132 valence electrons. The Hall–Kier alpha value is -3.28. The number of hydrogen-bond donors (Lipinski definition) is 2. The smallest absolute Gasteiger partial charge is 0.231 e. The van der Waals surface area contributed by atoms with E-state index in [9.17, 15) is 0 Å². The van der Waals surface area contributed by atoms with Gasteiger partial charge in [-0.1, -0.05) is 18.2 Å². The van der Waals surface area contributed by atoms with Gasteiger partial charge in [0.1, 0.15) is 17.5 Å². The summed E-state index contributed by atoms with van der Waals surface area (Å²) in [5.41, 5.74) is 3.30. The number of ether oxygens (including phenoxy) is 2. The molecule has 6 nitrogen and oxygen atoms in total. The Morgan fingerprint density at radius 2 is 1.77 bits per heavy atom. The average Bonchev–Trinajstić information content (AvgIpc) is 3.07. The van der Waals surface area contributed by atoms with Gasteiger partial charge in [0.25, 0.3) is 0 Å². The van der Waals surface area contributed by atoms with E-state index in [-0.39, 0.29) is 6.79 Å². The SMILES string of the molecule is Cc1cccc(Nc2cc(NCc3ccc4c(c3)OCO4)nc(C)n2)c1. The lowest BCUT2D eigenvalue weighted by Crippen LogP contribution is -2.05. The van der Waals surface area contributed by atoms with E-state index < -0.39 is 0 Å². The van der Waals surface area contributed by atoms with Crippen LogP contribution in [0, 0.1) is 13.8 Å². The third-order valence-corrected chi connectivity index (χ3v) is 4.04. The van der Waals surface area contributed by atoms with E-state index in [0.717, 1.165) is 34.4 Å². The van der Waals surface area contributed by atoms with Crippen LogP contribution in [0.2, 0.25) is 0 Å². The first-order valence-corrected chi connectivity index (χ1v) is 8.47. The van der Waals surface area contributed by atoms with E-state index in [1.807, 2.05) is 43.3 Å². The molecule has 2 aromatic carbocycles. The molecule has 0 saturated heterocycles. The van der Waals surface area contributed by atoms with Gasteiger partial charge in [-0.15, -0.1) is 0 Å². The lowest BCUT2D eigenvalue weighted by Gasteiger charge is -2.11. The molecule has 0 saturated carbocycles. The molecule has 4 rings (SSSR count). The number of rotatable bonds is 5. The highest BCUT2D eigenvalue weighted by Gasteiger charge is 2.13. The number of aryl methyl sites for hydroxylation is 2. The van der Waals surface area contributed by atoms with Crippen LogP contribution in [0.3, 0.4) is 0 Å². The van der Waals surface area contributed by atoms with E-state index in [0.29, 0.717) is 12.4 Å². The second-order valence-electron chi connectivity index (χ2n) is 6.22. The Labute approximate surface area is 152 Å². The molecule has 0 bridgehead atoms. The highest BCUT2D eigenvalue weighted by atomic mass is 16.7.